The number of nitrogens with zero attached hydrogens (tertiary/aromatic N) is 3. The average molecular weight is 415 g/mol. The Balaban J connectivity index is 1.78. The Morgan fingerprint density at radius 1 is 1.17 bits per heavy atom. The lowest BCUT2D eigenvalue weighted by molar-refractivity contribution is -0.385. The molecule has 0 saturated carbocycles. The van der Waals surface area contributed by atoms with Crippen molar-refractivity contribution in [3.8, 4) is 0 Å². The van der Waals surface area contributed by atoms with E-state index in [9.17, 15) is 23.3 Å². The maximum Gasteiger partial charge on any atom is 0.307 e. The molecule has 1 amide bonds. The van der Waals surface area contributed by atoms with Crippen LogP contribution >= 0.6 is 0 Å². The Kier molecular flexibility index (Phi) is 5.71. The van der Waals surface area contributed by atoms with Crippen molar-refractivity contribution in [1.82, 2.24) is 14.5 Å². The number of aromatic nitrogens is 2. The number of anilines is 1. The number of nitro groups is 1. The molecule has 0 unspecified atom stereocenters. The highest BCUT2D eigenvalue weighted by Crippen LogP contribution is 2.17. The van der Waals surface area contributed by atoms with Gasteiger partial charge in [-0.2, -0.15) is 5.10 Å². The molecule has 0 atom stereocenters. The van der Waals surface area contributed by atoms with Crippen LogP contribution in [0, 0.1) is 10.1 Å². The molecule has 150 valence electrons. The zero-order valence-corrected chi connectivity index (χ0v) is 16.1. The second-order valence-electron chi connectivity index (χ2n) is 6.00. The minimum Gasteiger partial charge on any atom is -0.322 e. The van der Waals surface area contributed by atoms with Crippen molar-refractivity contribution >= 4 is 27.3 Å². The van der Waals surface area contributed by atoms with E-state index in [2.05, 4.69) is 15.1 Å². The Labute approximate surface area is 166 Å². The summed E-state index contributed by atoms with van der Waals surface area (Å²) in [7, 11) is -2.25. The van der Waals surface area contributed by atoms with E-state index in [1.165, 1.54) is 42.2 Å². The third-order valence-corrected chi connectivity index (χ3v) is 5.55. The highest BCUT2D eigenvalue weighted by Gasteiger charge is 2.15. The Bertz CT molecular complexity index is 1160. The first kappa shape index (κ1) is 20.2. The lowest BCUT2D eigenvalue weighted by Crippen LogP contribution is -2.19. The van der Waals surface area contributed by atoms with E-state index in [0.29, 0.717) is 16.8 Å². The van der Waals surface area contributed by atoms with Crippen molar-refractivity contribution in [1.29, 1.82) is 0 Å². The highest BCUT2D eigenvalue weighted by molar-refractivity contribution is 7.89. The van der Waals surface area contributed by atoms with Crippen LogP contribution in [0.25, 0.3) is 0 Å². The van der Waals surface area contributed by atoms with Crippen LogP contribution in [-0.2, 0) is 16.6 Å². The molecule has 0 bridgehead atoms. The number of rotatable bonds is 7. The molecule has 0 aliphatic carbocycles. The molecule has 0 fully saturated rings. The maximum absolute atomic E-state index is 12.7. The fourth-order valence-corrected chi connectivity index (χ4v) is 3.35. The summed E-state index contributed by atoms with van der Waals surface area (Å²) in [6.45, 7) is 0.177. The fraction of sp³-hybridized carbons (Fsp3) is 0.111. The summed E-state index contributed by atoms with van der Waals surface area (Å²) in [5.41, 5.74) is 1.29. The minimum absolute atomic E-state index is 0.0821. The van der Waals surface area contributed by atoms with E-state index in [0.717, 1.165) is 6.20 Å². The first-order valence-electron chi connectivity index (χ1n) is 8.40. The van der Waals surface area contributed by atoms with Crippen LogP contribution < -0.4 is 10.0 Å². The van der Waals surface area contributed by atoms with E-state index in [1.54, 1.807) is 24.3 Å². The molecular formula is C18H17N5O5S. The van der Waals surface area contributed by atoms with Gasteiger partial charge >= 0.3 is 5.69 Å². The summed E-state index contributed by atoms with van der Waals surface area (Å²) in [5.74, 6) is -0.397. The molecular weight excluding hydrogens is 398 g/mol. The topological polar surface area (TPSA) is 136 Å². The van der Waals surface area contributed by atoms with Crippen LogP contribution in [0.15, 0.2) is 65.8 Å². The molecule has 3 rings (SSSR count). The predicted molar refractivity (Wildman–Crippen MR) is 105 cm³/mol. The third-order valence-electron chi connectivity index (χ3n) is 4.12. The fourth-order valence-electron chi connectivity index (χ4n) is 2.62. The standard InChI is InChI=1S/C18H17N5O5S/c1-19-29(27,28)16-8-6-14(7-9-16)21-18(24)17-5-3-2-4-13(17)11-22-12-15(10-20-22)23(25)26/h2-10,12,19H,11H2,1H3,(H,21,24). The van der Waals surface area contributed by atoms with Crippen LogP contribution in [0.3, 0.4) is 0 Å². The number of benzene rings is 2. The van der Waals surface area contributed by atoms with Crippen molar-refractivity contribution in [3.05, 3.63) is 82.2 Å². The molecule has 11 heteroatoms. The van der Waals surface area contributed by atoms with Crippen molar-refractivity contribution in [2.75, 3.05) is 12.4 Å². The van der Waals surface area contributed by atoms with Crippen molar-refractivity contribution in [3.63, 3.8) is 0 Å². The molecule has 1 aromatic heterocycles. The summed E-state index contributed by atoms with van der Waals surface area (Å²) in [4.78, 5) is 23.0. The molecule has 0 radical (unpaired) electrons. The molecule has 3 aromatic rings. The van der Waals surface area contributed by atoms with Gasteiger partial charge in [0.05, 0.1) is 16.4 Å². The van der Waals surface area contributed by atoms with E-state index in [-0.39, 0.29) is 17.1 Å². The van der Waals surface area contributed by atoms with Gasteiger partial charge in [0.2, 0.25) is 10.0 Å². The molecule has 2 aromatic carbocycles. The lowest BCUT2D eigenvalue weighted by Gasteiger charge is -2.11. The van der Waals surface area contributed by atoms with Crippen molar-refractivity contribution < 1.29 is 18.1 Å². The zero-order chi connectivity index (χ0) is 21.0. The summed E-state index contributed by atoms with van der Waals surface area (Å²) in [6, 6.07) is 12.6. The second kappa shape index (κ2) is 8.20. The Morgan fingerprint density at radius 2 is 1.86 bits per heavy atom. The number of hydrogen-bond acceptors (Lipinski definition) is 6. The SMILES string of the molecule is CNS(=O)(=O)c1ccc(NC(=O)c2ccccc2Cn2cc([N+](=O)[O-])cn2)cc1. The van der Waals surface area contributed by atoms with Crippen molar-refractivity contribution in [2.45, 2.75) is 11.4 Å². The van der Waals surface area contributed by atoms with E-state index < -0.39 is 20.9 Å². The number of carbonyl (C=O) groups is 1. The molecule has 0 aliphatic heterocycles. The van der Waals surface area contributed by atoms with E-state index >= 15 is 0 Å². The number of sulfonamides is 1. The van der Waals surface area contributed by atoms with Gasteiger partial charge in [0.25, 0.3) is 5.91 Å². The molecule has 10 nitrogen and oxygen atoms in total. The van der Waals surface area contributed by atoms with Gasteiger partial charge in [-0.3, -0.25) is 19.6 Å². The zero-order valence-electron chi connectivity index (χ0n) is 15.3. The number of amides is 1. The molecule has 2 N–H and O–H groups in total. The van der Waals surface area contributed by atoms with E-state index in [4.69, 9.17) is 0 Å². The van der Waals surface area contributed by atoms with Crippen LogP contribution in [0.4, 0.5) is 11.4 Å². The average Bonchev–Trinajstić information content (AvgIpc) is 3.17. The first-order valence-corrected chi connectivity index (χ1v) is 9.88. The van der Waals surface area contributed by atoms with Gasteiger partial charge in [-0.25, -0.2) is 13.1 Å². The summed E-state index contributed by atoms with van der Waals surface area (Å²) >= 11 is 0. The van der Waals surface area contributed by atoms with Gasteiger partial charge in [0.1, 0.15) is 12.4 Å². The molecule has 29 heavy (non-hydrogen) atoms. The summed E-state index contributed by atoms with van der Waals surface area (Å²) in [6.07, 6.45) is 2.43. The predicted octanol–water partition coefficient (Wildman–Crippen LogP) is 2.00. The van der Waals surface area contributed by atoms with Gasteiger partial charge in [-0.1, -0.05) is 18.2 Å². The van der Waals surface area contributed by atoms with Gasteiger partial charge in [-0.05, 0) is 42.9 Å². The highest BCUT2D eigenvalue weighted by atomic mass is 32.2. The van der Waals surface area contributed by atoms with E-state index in [1.807, 2.05) is 0 Å². The molecule has 0 saturated heterocycles. The number of carbonyl (C=O) groups excluding carboxylic acids is 1. The normalized spacial score (nSPS) is 11.2. The third kappa shape index (κ3) is 4.65. The van der Waals surface area contributed by atoms with Gasteiger partial charge in [0.15, 0.2) is 0 Å². The van der Waals surface area contributed by atoms with Crippen LogP contribution in [0.2, 0.25) is 0 Å². The first-order chi connectivity index (χ1) is 13.8. The number of nitrogens with one attached hydrogen (secondary N) is 2. The molecule has 0 spiro atoms. The Hall–Kier alpha value is -3.57. The molecule has 1 heterocycles. The maximum atomic E-state index is 12.7. The van der Waals surface area contributed by atoms with Crippen molar-refractivity contribution in [2.24, 2.45) is 0 Å². The van der Waals surface area contributed by atoms with Crippen LogP contribution in [0.5, 0.6) is 0 Å². The van der Waals surface area contributed by atoms with Crippen LogP contribution in [-0.4, -0.2) is 36.1 Å². The van der Waals surface area contributed by atoms with Crippen LogP contribution in [0.1, 0.15) is 15.9 Å². The monoisotopic (exact) mass is 415 g/mol. The number of hydrogen-bond donors (Lipinski definition) is 2. The summed E-state index contributed by atoms with van der Waals surface area (Å²) in [5, 5.41) is 17.4. The second-order valence-corrected chi connectivity index (χ2v) is 7.88. The van der Waals surface area contributed by atoms with Gasteiger partial charge in [0, 0.05) is 11.3 Å². The largest absolute Gasteiger partial charge is 0.322 e. The smallest absolute Gasteiger partial charge is 0.307 e. The van der Waals surface area contributed by atoms with Gasteiger partial charge < -0.3 is 5.32 Å². The van der Waals surface area contributed by atoms with Gasteiger partial charge in [-0.15, -0.1) is 0 Å². The quantitative estimate of drug-likeness (QED) is 0.447. The summed E-state index contributed by atoms with van der Waals surface area (Å²) < 4.78 is 27.1. The Morgan fingerprint density at radius 3 is 2.48 bits per heavy atom. The minimum atomic E-state index is -3.56. The lowest BCUT2D eigenvalue weighted by atomic mass is 10.1. The molecule has 0 aliphatic rings.